The van der Waals surface area contributed by atoms with Crippen molar-refractivity contribution in [3.63, 3.8) is 0 Å². The van der Waals surface area contributed by atoms with E-state index >= 15 is 0 Å². The van der Waals surface area contributed by atoms with Gasteiger partial charge in [-0.2, -0.15) is 0 Å². The van der Waals surface area contributed by atoms with Crippen molar-refractivity contribution in [2.24, 2.45) is 0 Å². The Morgan fingerprint density at radius 3 is 2.54 bits per heavy atom. The zero-order valence-corrected chi connectivity index (χ0v) is 14.1. The van der Waals surface area contributed by atoms with E-state index in [-0.39, 0.29) is 24.5 Å². The maximum absolute atomic E-state index is 11.9. The topological polar surface area (TPSA) is 49.8 Å². The summed E-state index contributed by atoms with van der Waals surface area (Å²) in [6.45, 7) is 2.54. The molecule has 1 N–H and O–H groups in total. The molecule has 2 aromatic carbocycles. The summed E-state index contributed by atoms with van der Waals surface area (Å²) < 4.78 is 5.42. The van der Waals surface area contributed by atoms with E-state index in [0.717, 1.165) is 22.4 Å². The maximum atomic E-state index is 11.9. The summed E-state index contributed by atoms with van der Waals surface area (Å²) in [5.74, 6) is 1.16. The average molecular weight is 325 g/mol. The van der Waals surface area contributed by atoms with Gasteiger partial charge in [0.1, 0.15) is 5.75 Å². The Morgan fingerprint density at radius 2 is 1.92 bits per heavy atom. The highest BCUT2D eigenvalue weighted by molar-refractivity contribution is 5.77. The summed E-state index contributed by atoms with van der Waals surface area (Å²) in [4.78, 5) is 13.6. The largest absolute Gasteiger partial charge is 0.496 e. The molecule has 4 nitrogen and oxygen atoms in total. The number of likely N-dealkylation sites (tertiary alicyclic amines) is 1. The molecule has 0 saturated carbocycles. The summed E-state index contributed by atoms with van der Waals surface area (Å²) in [5.41, 5.74) is 3.31. The summed E-state index contributed by atoms with van der Waals surface area (Å²) in [5, 5.41) is 9.62. The van der Waals surface area contributed by atoms with Crippen LogP contribution in [0, 0.1) is 0 Å². The van der Waals surface area contributed by atoms with Crippen molar-refractivity contribution >= 4 is 5.91 Å². The van der Waals surface area contributed by atoms with Crippen LogP contribution in [0.2, 0.25) is 0 Å². The number of amides is 1. The van der Waals surface area contributed by atoms with Gasteiger partial charge in [-0.25, -0.2) is 0 Å². The molecule has 2 unspecified atom stereocenters. The van der Waals surface area contributed by atoms with E-state index < -0.39 is 0 Å². The second-order valence-electron chi connectivity index (χ2n) is 6.08. The molecule has 4 heteroatoms. The Balaban J connectivity index is 1.79. The highest BCUT2D eigenvalue weighted by atomic mass is 16.5. The third kappa shape index (κ3) is 2.89. The monoisotopic (exact) mass is 325 g/mol. The lowest BCUT2D eigenvalue weighted by Gasteiger charge is -2.47. The van der Waals surface area contributed by atoms with E-state index in [2.05, 4.69) is 24.3 Å². The van der Waals surface area contributed by atoms with Gasteiger partial charge in [-0.1, -0.05) is 49.4 Å². The van der Waals surface area contributed by atoms with Crippen LogP contribution in [0.3, 0.4) is 0 Å². The molecule has 0 radical (unpaired) electrons. The summed E-state index contributed by atoms with van der Waals surface area (Å²) >= 11 is 0. The van der Waals surface area contributed by atoms with Crippen LogP contribution < -0.4 is 4.74 Å². The van der Waals surface area contributed by atoms with E-state index in [0.29, 0.717) is 13.0 Å². The molecule has 1 aliphatic heterocycles. The van der Waals surface area contributed by atoms with Gasteiger partial charge in [0.2, 0.25) is 5.91 Å². The summed E-state index contributed by atoms with van der Waals surface area (Å²) in [6.07, 6.45) is 0.482. The number of hydrogen-bond donors (Lipinski definition) is 1. The highest BCUT2D eigenvalue weighted by Crippen LogP contribution is 2.36. The molecule has 24 heavy (non-hydrogen) atoms. The van der Waals surface area contributed by atoms with Crippen LogP contribution in [0.15, 0.2) is 48.5 Å². The summed E-state index contributed by atoms with van der Waals surface area (Å²) in [6, 6.07) is 16.2. The highest BCUT2D eigenvalue weighted by Gasteiger charge is 2.41. The number of methoxy groups -OCH3 is 1. The lowest BCUT2D eigenvalue weighted by Crippen LogP contribution is -2.58. The van der Waals surface area contributed by atoms with E-state index in [9.17, 15) is 9.90 Å². The van der Waals surface area contributed by atoms with Gasteiger partial charge in [-0.3, -0.25) is 4.79 Å². The zero-order valence-electron chi connectivity index (χ0n) is 14.1. The van der Waals surface area contributed by atoms with Crippen LogP contribution in [0.5, 0.6) is 5.75 Å². The molecule has 2 aromatic rings. The second kappa shape index (κ2) is 7.05. The zero-order chi connectivity index (χ0) is 17.1. The first-order valence-electron chi connectivity index (χ1n) is 8.33. The van der Waals surface area contributed by atoms with Crippen LogP contribution in [-0.2, 0) is 4.79 Å². The molecule has 1 aliphatic rings. The standard InChI is InChI=1S/C20H23NO3/c1-3-20(23)21-12-17(18(21)13-22)15-10-8-14(9-11-15)16-6-4-5-7-19(16)24-2/h4-11,17-18,22H,3,12-13H2,1-2H3. The van der Waals surface area contributed by atoms with Gasteiger partial charge >= 0.3 is 0 Å². The number of nitrogens with zero attached hydrogens (tertiary/aromatic N) is 1. The lowest BCUT2D eigenvalue weighted by atomic mass is 9.82. The molecule has 1 amide bonds. The van der Waals surface area contributed by atoms with E-state index in [4.69, 9.17) is 4.74 Å². The first-order chi connectivity index (χ1) is 11.7. The van der Waals surface area contributed by atoms with Crippen molar-refractivity contribution < 1.29 is 14.6 Å². The number of aliphatic hydroxyl groups excluding tert-OH is 1. The molecule has 1 heterocycles. The van der Waals surface area contributed by atoms with E-state index in [1.54, 1.807) is 12.0 Å². The second-order valence-corrected chi connectivity index (χ2v) is 6.08. The maximum Gasteiger partial charge on any atom is 0.222 e. The van der Waals surface area contributed by atoms with Gasteiger partial charge in [-0.05, 0) is 17.2 Å². The fourth-order valence-corrected chi connectivity index (χ4v) is 3.38. The van der Waals surface area contributed by atoms with Crippen molar-refractivity contribution in [2.45, 2.75) is 25.3 Å². The van der Waals surface area contributed by atoms with E-state index in [1.807, 2.05) is 31.2 Å². The van der Waals surface area contributed by atoms with Gasteiger partial charge in [0.25, 0.3) is 0 Å². The molecule has 2 atom stereocenters. The fraction of sp³-hybridized carbons (Fsp3) is 0.350. The Morgan fingerprint density at radius 1 is 1.21 bits per heavy atom. The predicted octanol–water partition coefficient (Wildman–Crippen LogP) is 3.06. The van der Waals surface area contributed by atoms with Gasteiger partial charge in [-0.15, -0.1) is 0 Å². The normalized spacial score (nSPS) is 19.7. The van der Waals surface area contributed by atoms with Crippen LogP contribution in [0.1, 0.15) is 24.8 Å². The third-order valence-electron chi connectivity index (χ3n) is 4.82. The molecular formula is C20H23NO3. The Bertz CT molecular complexity index is 711. The van der Waals surface area contributed by atoms with Crippen molar-refractivity contribution in [1.82, 2.24) is 4.90 Å². The van der Waals surface area contributed by atoms with Crippen LogP contribution in [0.4, 0.5) is 0 Å². The number of benzene rings is 2. The first kappa shape index (κ1) is 16.5. The van der Waals surface area contributed by atoms with Gasteiger partial charge in [0.05, 0.1) is 19.8 Å². The lowest BCUT2D eigenvalue weighted by molar-refractivity contribution is -0.142. The number of hydrogen-bond acceptors (Lipinski definition) is 3. The summed E-state index contributed by atoms with van der Waals surface area (Å²) in [7, 11) is 1.67. The number of aliphatic hydroxyl groups is 1. The number of para-hydroxylation sites is 1. The quantitative estimate of drug-likeness (QED) is 0.919. The van der Waals surface area contributed by atoms with Crippen molar-refractivity contribution in [3.8, 4) is 16.9 Å². The molecule has 0 aromatic heterocycles. The van der Waals surface area contributed by atoms with Crippen molar-refractivity contribution in [1.29, 1.82) is 0 Å². The van der Waals surface area contributed by atoms with Crippen molar-refractivity contribution in [2.75, 3.05) is 20.3 Å². The average Bonchev–Trinajstić information content (AvgIpc) is 2.61. The Kier molecular flexibility index (Phi) is 4.86. The molecule has 126 valence electrons. The first-order valence-corrected chi connectivity index (χ1v) is 8.33. The molecule has 1 fully saturated rings. The van der Waals surface area contributed by atoms with E-state index in [1.165, 1.54) is 0 Å². The smallest absolute Gasteiger partial charge is 0.222 e. The predicted molar refractivity (Wildman–Crippen MR) is 94.0 cm³/mol. The fourth-order valence-electron chi connectivity index (χ4n) is 3.38. The number of rotatable bonds is 5. The Hall–Kier alpha value is -2.33. The third-order valence-corrected chi connectivity index (χ3v) is 4.82. The van der Waals surface area contributed by atoms with Gasteiger partial charge in [0.15, 0.2) is 0 Å². The van der Waals surface area contributed by atoms with Gasteiger partial charge in [0, 0.05) is 24.4 Å². The molecular weight excluding hydrogens is 302 g/mol. The number of ether oxygens (including phenoxy) is 1. The number of carbonyl (C=O) groups excluding carboxylic acids is 1. The van der Waals surface area contributed by atoms with Crippen LogP contribution >= 0.6 is 0 Å². The molecule has 0 aliphatic carbocycles. The molecule has 0 spiro atoms. The van der Waals surface area contributed by atoms with Gasteiger partial charge < -0.3 is 14.7 Å². The number of carbonyl (C=O) groups is 1. The minimum atomic E-state index is -0.102. The SMILES string of the molecule is CCC(=O)N1CC(c2ccc(-c3ccccc3OC)cc2)C1CO. The minimum absolute atomic E-state index is 0.00463. The molecule has 0 bridgehead atoms. The Labute approximate surface area is 142 Å². The molecule has 1 saturated heterocycles. The van der Waals surface area contributed by atoms with Crippen LogP contribution in [-0.4, -0.2) is 42.2 Å². The van der Waals surface area contributed by atoms with Crippen LogP contribution in [0.25, 0.3) is 11.1 Å². The van der Waals surface area contributed by atoms with Crippen molar-refractivity contribution in [3.05, 3.63) is 54.1 Å². The molecule has 3 rings (SSSR count). The minimum Gasteiger partial charge on any atom is -0.496 e.